The van der Waals surface area contributed by atoms with Crippen molar-refractivity contribution in [2.24, 2.45) is 0 Å². The Kier molecular flexibility index (Phi) is 4.46. The molecule has 1 aliphatic carbocycles. The summed E-state index contributed by atoms with van der Waals surface area (Å²) in [6.07, 6.45) is 4.18. The van der Waals surface area contributed by atoms with E-state index in [0.29, 0.717) is 12.8 Å². The van der Waals surface area contributed by atoms with E-state index in [9.17, 15) is 13.2 Å². The predicted molar refractivity (Wildman–Crippen MR) is 71.2 cm³/mol. The van der Waals surface area contributed by atoms with E-state index in [1.54, 1.807) is 0 Å². The third-order valence-corrected chi connectivity index (χ3v) is 4.60. The van der Waals surface area contributed by atoms with Gasteiger partial charge in [-0.15, -0.1) is 0 Å². The van der Waals surface area contributed by atoms with Gasteiger partial charge in [0.1, 0.15) is 10.6 Å². The molecule has 1 aromatic rings. The van der Waals surface area contributed by atoms with E-state index in [4.69, 9.17) is 10.2 Å². The number of carboxylic acid groups (broad SMARTS) is 1. The van der Waals surface area contributed by atoms with Crippen LogP contribution in [-0.4, -0.2) is 42.3 Å². The average Bonchev–Trinajstić information content (AvgIpc) is 3.12. The fourth-order valence-corrected chi connectivity index (χ4v) is 3.05. The number of aromatic carboxylic acids is 1. The minimum Gasteiger partial charge on any atom is -0.477 e. The van der Waals surface area contributed by atoms with Crippen molar-refractivity contribution in [3.05, 3.63) is 18.0 Å². The summed E-state index contributed by atoms with van der Waals surface area (Å²) >= 11 is 0. The zero-order chi connectivity index (χ0) is 14.8. The molecule has 1 aliphatic rings. The van der Waals surface area contributed by atoms with Crippen LogP contribution in [0.15, 0.2) is 17.2 Å². The Hall–Kier alpha value is -1.38. The molecule has 112 valence electrons. The number of nitrogens with zero attached hydrogens (tertiary/aromatic N) is 1. The monoisotopic (exact) mass is 302 g/mol. The fraction of sp³-hybridized carbons (Fsp3) is 0.583. The van der Waals surface area contributed by atoms with Crippen LogP contribution < -0.4 is 4.72 Å². The smallest absolute Gasteiger partial charge is 0.352 e. The van der Waals surface area contributed by atoms with Crippen molar-refractivity contribution in [2.45, 2.75) is 36.6 Å². The first-order valence-electron chi connectivity index (χ1n) is 6.51. The third kappa shape index (κ3) is 3.38. The lowest BCUT2D eigenvalue weighted by molar-refractivity contribution is 0.0685. The largest absolute Gasteiger partial charge is 0.477 e. The van der Waals surface area contributed by atoms with Crippen molar-refractivity contribution in [2.75, 3.05) is 13.2 Å². The zero-order valence-corrected chi connectivity index (χ0v) is 11.8. The molecule has 1 heterocycles. The average molecular weight is 302 g/mol. The Balaban J connectivity index is 2.15. The number of aromatic nitrogens is 1. The number of rotatable bonds is 8. The molecule has 1 aromatic heterocycles. The number of aliphatic hydroxyl groups is 1. The number of unbranched alkanes of at least 4 members (excludes halogenated alkanes) is 1. The Bertz CT molecular complexity index is 589. The van der Waals surface area contributed by atoms with Crippen LogP contribution in [0, 0.1) is 0 Å². The van der Waals surface area contributed by atoms with Crippen LogP contribution in [0.4, 0.5) is 0 Å². The Morgan fingerprint density at radius 3 is 2.65 bits per heavy atom. The van der Waals surface area contributed by atoms with Crippen LogP contribution in [0.2, 0.25) is 0 Å². The molecule has 0 spiro atoms. The molecule has 0 bridgehead atoms. The van der Waals surface area contributed by atoms with E-state index >= 15 is 0 Å². The molecule has 0 amide bonds. The molecule has 3 N–H and O–H groups in total. The number of carbonyl (C=O) groups is 1. The second-order valence-electron chi connectivity index (χ2n) is 4.83. The van der Waals surface area contributed by atoms with Crippen LogP contribution in [0.1, 0.15) is 42.2 Å². The molecule has 0 aliphatic heterocycles. The van der Waals surface area contributed by atoms with Crippen molar-refractivity contribution in [1.29, 1.82) is 0 Å². The maximum Gasteiger partial charge on any atom is 0.352 e. The standard InChI is InChI=1S/C12H18N2O5S/c15-6-2-1-5-13-20(18,19)10-7-11(12(16)17)14(8-10)9-3-4-9/h7-9,13,15H,1-6H2,(H,16,17). The highest BCUT2D eigenvalue weighted by molar-refractivity contribution is 7.89. The number of hydrogen-bond acceptors (Lipinski definition) is 4. The lowest BCUT2D eigenvalue weighted by atomic mass is 10.3. The Morgan fingerprint density at radius 1 is 1.40 bits per heavy atom. The quantitative estimate of drug-likeness (QED) is 0.608. The minimum atomic E-state index is -3.70. The normalized spacial score (nSPS) is 15.4. The summed E-state index contributed by atoms with van der Waals surface area (Å²) in [7, 11) is -3.70. The van der Waals surface area contributed by atoms with Crippen LogP contribution >= 0.6 is 0 Å². The molecule has 0 atom stereocenters. The van der Waals surface area contributed by atoms with Gasteiger partial charge in [-0.1, -0.05) is 0 Å². The highest BCUT2D eigenvalue weighted by Gasteiger charge is 2.30. The lowest BCUT2D eigenvalue weighted by Crippen LogP contribution is -2.24. The molecule has 8 heteroatoms. The highest BCUT2D eigenvalue weighted by Crippen LogP contribution is 2.37. The van der Waals surface area contributed by atoms with Gasteiger partial charge in [0.15, 0.2) is 0 Å². The summed E-state index contributed by atoms with van der Waals surface area (Å²) < 4.78 is 28.0. The van der Waals surface area contributed by atoms with E-state index in [-0.39, 0.29) is 29.8 Å². The molecular weight excluding hydrogens is 284 g/mol. The number of sulfonamides is 1. The van der Waals surface area contributed by atoms with Crippen LogP contribution in [0.3, 0.4) is 0 Å². The molecule has 2 rings (SSSR count). The molecule has 0 aromatic carbocycles. The van der Waals surface area contributed by atoms with E-state index in [1.165, 1.54) is 16.8 Å². The van der Waals surface area contributed by atoms with Crippen molar-refractivity contribution in [3.8, 4) is 0 Å². The summed E-state index contributed by atoms with van der Waals surface area (Å²) in [5.74, 6) is -1.13. The van der Waals surface area contributed by atoms with E-state index < -0.39 is 16.0 Å². The summed E-state index contributed by atoms with van der Waals surface area (Å²) in [6, 6.07) is 1.29. The van der Waals surface area contributed by atoms with Gasteiger partial charge in [0.05, 0.1) is 0 Å². The van der Waals surface area contributed by atoms with Crippen LogP contribution in [-0.2, 0) is 10.0 Å². The van der Waals surface area contributed by atoms with Gasteiger partial charge in [-0.3, -0.25) is 0 Å². The Labute approximate surface area is 117 Å². The van der Waals surface area contributed by atoms with E-state index in [2.05, 4.69) is 4.72 Å². The molecule has 7 nitrogen and oxygen atoms in total. The fourth-order valence-electron chi connectivity index (χ4n) is 1.95. The molecule has 1 saturated carbocycles. The van der Waals surface area contributed by atoms with Crippen molar-refractivity contribution in [1.82, 2.24) is 9.29 Å². The van der Waals surface area contributed by atoms with Crippen molar-refractivity contribution in [3.63, 3.8) is 0 Å². The molecule has 20 heavy (non-hydrogen) atoms. The molecule has 0 unspecified atom stereocenters. The number of carboxylic acids is 1. The van der Waals surface area contributed by atoms with Gasteiger partial charge in [-0.2, -0.15) is 0 Å². The maximum atomic E-state index is 12.0. The first-order valence-corrected chi connectivity index (χ1v) is 7.99. The summed E-state index contributed by atoms with van der Waals surface area (Å²) in [5.41, 5.74) is 0.00299. The molecule has 0 saturated heterocycles. The molecular formula is C12H18N2O5S. The topological polar surface area (TPSA) is 109 Å². The number of nitrogens with one attached hydrogen (secondary N) is 1. The summed E-state index contributed by atoms with van der Waals surface area (Å²) in [5, 5.41) is 17.7. The molecule has 0 radical (unpaired) electrons. The van der Waals surface area contributed by atoms with Gasteiger partial charge < -0.3 is 14.8 Å². The third-order valence-electron chi connectivity index (χ3n) is 3.17. The molecule has 1 fully saturated rings. The van der Waals surface area contributed by atoms with E-state index in [0.717, 1.165) is 12.8 Å². The first-order chi connectivity index (χ1) is 9.45. The zero-order valence-electron chi connectivity index (χ0n) is 10.9. The maximum absolute atomic E-state index is 12.0. The second-order valence-corrected chi connectivity index (χ2v) is 6.60. The van der Waals surface area contributed by atoms with Crippen LogP contribution in [0.25, 0.3) is 0 Å². The van der Waals surface area contributed by atoms with Gasteiger partial charge in [0.2, 0.25) is 10.0 Å². The van der Waals surface area contributed by atoms with Crippen LogP contribution in [0.5, 0.6) is 0 Å². The second kappa shape index (κ2) is 5.94. The highest BCUT2D eigenvalue weighted by atomic mass is 32.2. The first kappa shape index (κ1) is 15.0. The predicted octanol–water partition coefficient (Wildman–Crippen LogP) is 0.572. The van der Waals surface area contributed by atoms with E-state index in [1.807, 2.05) is 0 Å². The SMILES string of the molecule is O=C(O)c1cc(S(=O)(=O)NCCCCO)cn1C1CC1. The summed E-state index contributed by atoms with van der Waals surface area (Å²) in [4.78, 5) is 11.1. The van der Waals surface area contributed by atoms with Crippen molar-refractivity contribution < 1.29 is 23.4 Å². The van der Waals surface area contributed by atoms with Gasteiger partial charge in [0.25, 0.3) is 0 Å². The van der Waals surface area contributed by atoms with Gasteiger partial charge >= 0.3 is 5.97 Å². The van der Waals surface area contributed by atoms with Gasteiger partial charge in [0, 0.05) is 25.4 Å². The van der Waals surface area contributed by atoms with Crippen molar-refractivity contribution >= 4 is 16.0 Å². The minimum absolute atomic E-state index is 0.00299. The Morgan fingerprint density at radius 2 is 2.10 bits per heavy atom. The number of aliphatic hydroxyl groups excluding tert-OH is 1. The summed E-state index contributed by atoms with van der Waals surface area (Å²) in [6.45, 7) is 0.239. The lowest BCUT2D eigenvalue weighted by Gasteiger charge is -2.04. The number of hydrogen-bond donors (Lipinski definition) is 3. The van der Waals surface area contributed by atoms with Gasteiger partial charge in [-0.25, -0.2) is 17.9 Å². The van der Waals surface area contributed by atoms with Gasteiger partial charge in [-0.05, 0) is 31.7 Å².